The van der Waals surface area contributed by atoms with Crippen LogP contribution in [-0.2, 0) is 4.74 Å². The highest BCUT2D eigenvalue weighted by atomic mass is 19.1. The molecule has 1 aromatic rings. The number of rotatable bonds is 1. The van der Waals surface area contributed by atoms with Gasteiger partial charge in [0.2, 0.25) is 0 Å². The van der Waals surface area contributed by atoms with E-state index in [2.05, 4.69) is 11.4 Å². The Balaban J connectivity index is 2.18. The summed E-state index contributed by atoms with van der Waals surface area (Å²) in [4.78, 5) is 0. The fourth-order valence-corrected chi connectivity index (χ4v) is 1.45. The van der Waals surface area contributed by atoms with Crippen molar-refractivity contribution in [2.75, 3.05) is 19.7 Å². The topological polar surface area (TPSA) is 21.3 Å². The summed E-state index contributed by atoms with van der Waals surface area (Å²) >= 11 is 0. The van der Waals surface area contributed by atoms with E-state index in [1.807, 2.05) is 0 Å². The van der Waals surface area contributed by atoms with E-state index in [-0.39, 0.29) is 11.9 Å². The number of benzene rings is 1. The minimum Gasteiger partial charge on any atom is -0.371 e. The molecular weight excluding hydrogens is 169 g/mol. The van der Waals surface area contributed by atoms with Crippen molar-refractivity contribution in [1.82, 2.24) is 5.32 Å². The number of morpholine rings is 1. The van der Waals surface area contributed by atoms with Crippen LogP contribution in [0.15, 0.2) is 18.2 Å². The Morgan fingerprint density at radius 1 is 1.62 bits per heavy atom. The Kier molecular flexibility index (Phi) is 2.57. The maximum absolute atomic E-state index is 13.2. The van der Waals surface area contributed by atoms with Crippen LogP contribution in [0.25, 0.3) is 0 Å². The smallest absolute Gasteiger partial charge is 0.129 e. The molecule has 1 aromatic carbocycles. The molecule has 13 heavy (non-hydrogen) atoms. The number of halogens is 1. The monoisotopic (exact) mass is 180 g/mol. The minimum absolute atomic E-state index is 0.150. The second-order valence-electron chi connectivity index (χ2n) is 3.01. The lowest BCUT2D eigenvalue weighted by Gasteiger charge is -2.24. The zero-order valence-corrected chi connectivity index (χ0v) is 7.22. The average Bonchev–Trinajstić information content (AvgIpc) is 2.20. The summed E-state index contributed by atoms with van der Waals surface area (Å²) in [6, 6.07) is 7.45. The summed E-state index contributed by atoms with van der Waals surface area (Å²) in [5, 5.41) is 3.16. The summed E-state index contributed by atoms with van der Waals surface area (Å²) in [5.41, 5.74) is 0.617. The van der Waals surface area contributed by atoms with E-state index in [1.54, 1.807) is 12.1 Å². The van der Waals surface area contributed by atoms with Crippen LogP contribution in [0.2, 0.25) is 0 Å². The van der Waals surface area contributed by atoms with Crippen molar-refractivity contribution in [1.29, 1.82) is 0 Å². The Bertz CT molecular complexity index is 284. The van der Waals surface area contributed by atoms with Gasteiger partial charge in [0.25, 0.3) is 0 Å². The van der Waals surface area contributed by atoms with Crippen LogP contribution < -0.4 is 5.32 Å². The van der Waals surface area contributed by atoms with Gasteiger partial charge >= 0.3 is 0 Å². The fourth-order valence-electron chi connectivity index (χ4n) is 1.45. The number of ether oxygens (including phenoxy) is 1. The normalized spacial score (nSPS) is 23.0. The van der Waals surface area contributed by atoms with Crippen LogP contribution >= 0.6 is 0 Å². The molecular formula is C10H11FNO. The third-order valence-electron chi connectivity index (χ3n) is 2.12. The summed E-state index contributed by atoms with van der Waals surface area (Å²) in [6.07, 6.45) is -0.150. The molecule has 0 saturated carbocycles. The number of nitrogens with one attached hydrogen (secondary N) is 1. The number of hydrogen-bond donors (Lipinski definition) is 1. The van der Waals surface area contributed by atoms with Gasteiger partial charge in [0, 0.05) is 18.7 Å². The van der Waals surface area contributed by atoms with Crippen LogP contribution in [-0.4, -0.2) is 19.7 Å². The van der Waals surface area contributed by atoms with Crippen molar-refractivity contribution in [2.24, 2.45) is 0 Å². The predicted molar refractivity (Wildman–Crippen MR) is 46.8 cm³/mol. The lowest BCUT2D eigenvalue weighted by molar-refractivity contribution is 0.0255. The van der Waals surface area contributed by atoms with Gasteiger partial charge in [-0.2, -0.15) is 0 Å². The van der Waals surface area contributed by atoms with Crippen molar-refractivity contribution in [2.45, 2.75) is 6.10 Å². The molecule has 1 N–H and O–H groups in total. The zero-order chi connectivity index (χ0) is 9.10. The zero-order valence-electron chi connectivity index (χ0n) is 7.22. The van der Waals surface area contributed by atoms with E-state index in [0.717, 1.165) is 6.54 Å². The summed E-state index contributed by atoms with van der Waals surface area (Å²) in [6.45, 7) is 2.17. The van der Waals surface area contributed by atoms with E-state index in [9.17, 15) is 4.39 Å². The van der Waals surface area contributed by atoms with E-state index < -0.39 is 0 Å². The van der Waals surface area contributed by atoms with E-state index in [1.165, 1.54) is 6.07 Å². The predicted octanol–water partition coefficient (Wildman–Crippen LogP) is 1.29. The number of hydrogen-bond acceptors (Lipinski definition) is 2. The molecule has 2 nitrogen and oxygen atoms in total. The summed E-state index contributed by atoms with van der Waals surface area (Å²) in [5.74, 6) is -0.240. The Morgan fingerprint density at radius 2 is 2.54 bits per heavy atom. The average molecular weight is 180 g/mol. The fraction of sp³-hybridized carbons (Fsp3) is 0.400. The molecule has 2 rings (SSSR count). The Hall–Kier alpha value is -0.930. The SMILES string of the molecule is Fc1c[c]ccc1C1CNCCO1. The molecule has 1 atom stereocenters. The molecule has 1 aliphatic heterocycles. The second kappa shape index (κ2) is 3.85. The highest BCUT2D eigenvalue weighted by molar-refractivity contribution is 5.19. The minimum atomic E-state index is -0.240. The lowest BCUT2D eigenvalue weighted by Crippen LogP contribution is -2.33. The van der Waals surface area contributed by atoms with Gasteiger partial charge in [-0.3, -0.25) is 0 Å². The van der Waals surface area contributed by atoms with Crippen LogP contribution in [0.5, 0.6) is 0 Å². The standard InChI is InChI=1S/C10H11FNO/c11-9-4-2-1-3-8(9)10-7-12-5-6-13-10/h1,3-4,10,12H,5-7H2. The Morgan fingerprint density at radius 3 is 3.23 bits per heavy atom. The molecule has 3 heteroatoms. The van der Waals surface area contributed by atoms with Crippen molar-refractivity contribution in [3.8, 4) is 0 Å². The molecule has 1 saturated heterocycles. The first-order valence-corrected chi connectivity index (χ1v) is 4.36. The lowest BCUT2D eigenvalue weighted by atomic mass is 10.1. The van der Waals surface area contributed by atoms with Crippen LogP contribution in [0.1, 0.15) is 11.7 Å². The van der Waals surface area contributed by atoms with Crippen molar-refractivity contribution < 1.29 is 9.13 Å². The van der Waals surface area contributed by atoms with Gasteiger partial charge in [-0.15, -0.1) is 0 Å². The molecule has 0 aromatic heterocycles. The highest BCUT2D eigenvalue weighted by Crippen LogP contribution is 2.20. The van der Waals surface area contributed by atoms with Crippen LogP contribution in [0.3, 0.4) is 0 Å². The molecule has 1 fully saturated rings. The third kappa shape index (κ3) is 1.87. The van der Waals surface area contributed by atoms with Crippen LogP contribution in [0, 0.1) is 11.9 Å². The first kappa shape index (κ1) is 8.66. The van der Waals surface area contributed by atoms with Crippen molar-refractivity contribution in [3.63, 3.8) is 0 Å². The maximum Gasteiger partial charge on any atom is 0.129 e. The Labute approximate surface area is 76.7 Å². The molecule has 1 unspecified atom stereocenters. The van der Waals surface area contributed by atoms with E-state index in [0.29, 0.717) is 18.7 Å². The second-order valence-corrected chi connectivity index (χ2v) is 3.01. The third-order valence-corrected chi connectivity index (χ3v) is 2.12. The van der Waals surface area contributed by atoms with Crippen molar-refractivity contribution >= 4 is 0 Å². The van der Waals surface area contributed by atoms with Gasteiger partial charge in [0.15, 0.2) is 0 Å². The first-order chi connectivity index (χ1) is 6.38. The first-order valence-electron chi connectivity index (χ1n) is 4.36. The van der Waals surface area contributed by atoms with Gasteiger partial charge < -0.3 is 10.1 Å². The van der Waals surface area contributed by atoms with Gasteiger partial charge in [-0.25, -0.2) is 4.39 Å². The maximum atomic E-state index is 13.2. The van der Waals surface area contributed by atoms with Gasteiger partial charge in [-0.1, -0.05) is 12.1 Å². The molecule has 69 valence electrons. The van der Waals surface area contributed by atoms with Gasteiger partial charge in [0.05, 0.1) is 12.7 Å². The molecule has 1 aliphatic rings. The van der Waals surface area contributed by atoms with Crippen molar-refractivity contribution in [3.05, 3.63) is 35.6 Å². The molecule has 0 bridgehead atoms. The molecule has 0 spiro atoms. The summed E-state index contributed by atoms with van der Waals surface area (Å²) < 4.78 is 18.7. The highest BCUT2D eigenvalue weighted by Gasteiger charge is 2.18. The molecule has 1 heterocycles. The van der Waals surface area contributed by atoms with Crippen LogP contribution in [0.4, 0.5) is 4.39 Å². The van der Waals surface area contributed by atoms with E-state index >= 15 is 0 Å². The molecule has 0 amide bonds. The summed E-state index contributed by atoms with van der Waals surface area (Å²) in [7, 11) is 0. The van der Waals surface area contributed by atoms with Gasteiger partial charge in [0.1, 0.15) is 5.82 Å². The largest absolute Gasteiger partial charge is 0.371 e. The molecule has 0 aliphatic carbocycles. The molecule has 1 radical (unpaired) electrons. The van der Waals surface area contributed by atoms with E-state index in [4.69, 9.17) is 4.74 Å². The quantitative estimate of drug-likeness (QED) is 0.703. The van der Waals surface area contributed by atoms with Gasteiger partial charge in [-0.05, 0) is 12.1 Å².